The number of ketones is 1. The summed E-state index contributed by atoms with van der Waals surface area (Å²) >= 11 is 0. The minimum atomic E-state index is -0.0591. The Morgan fingerprint density at radius 3 is 2.53 bits per heavy atom. The van der Waals surface area contributed by atoms with Crippen LogP contribution < -0.4 is 0 Å². The molecule has 0 spiro atoms. The molecular formula is C18H26O. The van der Waals surface area contributed by atoms with E-state index in [4.69, 9.17) is 0 Å². The first-order chi connectivity index (χ1) is 9.07. The fourth-order valence-corrected chi connectivity index (χ4v) is 3.41. The molecule has 1 aromatic carbocycles. The SMILES string of the molecule is CCC1(C(=O)c2cccc(CC(C)C)c2)CCCC1. The van der Waals surface area contributed by atoms with E-state index in [1.54, 1.807) is 0 Å². The van der Waals surface area contributed by atoms with E-state index in [1.807, 2.05) is 12.1 Å². The lowest BCUT2D eigenvalue weighted by atomic mass is 9.76. The van der Waals surface area contributed by atoms with Crippen molar-refractivity contribution in [3.8, 4) is 0 Å². The Morgan fingerprint density at radius 2 is 1.95 bits per heavy atom. The van der Waals surface area contributed by atoms with Gasteiger partial charge in [0.25, 0.3) is 0 Å². The lowest BCUT2D eigenvalue weighted by Gasteiger charge is -2.26. The highest BCUT2D eigenvalue weighted by molar-refractivity contribution is 6.00. The maximum atomic E-state index is 12.8. The number of carbonyl (C=O) groups excluding carboxylic acids is 1. The highest BCUT2D eigenvalue weighted by Crippen LogP contribution is 2.43. The van der Waals surface area contributed by atoms with Gasteiger partial charge in [-0.2, -0.15) is 0 Å². The molecule has 0 unspecified atom stereocenters. The Balaban J connectivity index is 2.23. The second-order valence-electron chi connectivity index (χ2n) is 6.47. The van der Waals surface area contributed by atoms with E-state index in [-0.39, 0.29) is 5.41 Å². The van der Waals surface area contributed by atoms with Gasteiger partial charge in [-0.25, -0.2) is 0 Å². The van der Waals surface area contributed by atoms with Gasteiger partial charge in [-0.1, -0.05) is 51.8 Å². The van der Waals surface area contributed by atoms with E-state index < -0.39 is 0 Å². The van der Waals surface area contributed by atoms with Crippen molar-refractivity contribution >= 4 is 5.78 Å². The van der Waals surface area contributed by atoms with Crippen LogP contribution in [0.15, 0.2) is 24.3 Å². The molecule has 0 radical (unpaired) electrons. The molecule has 104 valence electrons. The van der Waals surface area contributed by atoms with Gasteiger partial charge in [-0.05, 0) is 43.2 Å². The van der Waals surface area contributed by atoms with Gasteiger partial charge in [0.15, 0.2) is 5.78 Å². The zero-order chi connectivity index (χ0) is 13.9. The van der Waals surface area contributed by atoms with E-state index in [0.717, 1.165) is 31.2 Å². The van der Waals surface area contributed by atoms with Crippen LogP contribution in [0.2, 0.25) is 0 Å². The third-order valence-electron chi connectivity index (χ3n) is 4.55. The van der Waals surface area contributed by atoms with E-state index in [9.17, 15) is 4.79 Å². The van der Waals surface area contributed by atoms with Crippen molar-refractivity contribution in [2.24, 2.45) is 11.3 Å². The summed E-state index contributed by atoms with van der Waals surface area (Å²) in [6, 6.07) is 8.31. The lowest BCUT2D eigenvalue weighted by molar-refractivity contribution is 0.0791. The van der Waals surface area contributed by atoms with Gasteiger partial charge in [0, 0.05) is 11.0 Å². The van der Waals surface area contributed by atoms with Crippen LogP contribution >= 0.6 is 0 Å². The fraction of sp³-hybridized carbons (Fsp3) is 0.611. The van der Waals surface area contributed by atoms with Crippen LogP contribution in [0.3, 0.4) is 0 Å². The molecule has 1 aliphatic carbocycles. The van der Waals surface area contributed by atoms with E-state index in [0.29, 0.717) is 11.7 Å². The van der Waals surface area contributed by atoms with Crippen molar-refractivity contribution in [3.05, 3.63) is 35.4 Å². The van der Waals surface area contributed by atoms with Crippen molar-refractivity contribution in [3.63, 3.8) is 0 Å². The lowest BCUT2D eigenvalue weighted by Crippen LogP contribution is -2.27. The van der Waals surface area contributed by atoms with Crippen LogP contribution in [-0.4, -0.2) is 5.78 Å². The molecule has 1 nitrogen and oxygen atoms in total. The quantitative estimate of drug-likeness (QED) is 0.676. The first-order valence-corrected chi connectivity index (χ1v) is 7.71. The summed E-state index contributed by atoms with van der Waals surface area (Å²) in [4.78, 5) is 12.8. The van der Waals surface area contributed by atoms with Gasteiger partial charge >= 0.3 is 0 Å². The van der Waals surface area contributed by atoms with Gasteiger partial charge in [0.2, 0.25) is 0 Å². The summed E-state index contributed by atoms with van der Waals surface area (Å²) in [7, 11) is 0. The molecule has 1 aliphatic rings. The second kappa shape index (κ2) is 5.90. The summed E-state index contributed by atoms with van der Waals surface area (Å²) in [6.45, 7) is 6.61. The van der Waals surface area contributed by atoms with Crippen LogP contribution in [0.25, 0.3) is 0 Å². The highest BCUT2D eigenvalue weighted by atomic mass is 16.1. The van der Waals surface area contributed by atoms with E-state index in [1.165, 1.54) is 18.4 Å². The van der Waals surface area contributed by atoms with Gasteiger partial charge in [-0.15, -0.1) is 0 Å². The Hall–Kier alpha value is -1.11. The van der Waals surface area contributed by atoms with Gasteiger partial charge in [0.05, 0.1) is 0 Å². The van der Waals surface area contributed by atoms with Gasteiger partial charge in [-0.3, -0.25) is 4.79 Å². The molecular weight excluding hydrogens is 232 g/mol. The zero-order valence-corrected chi connectivity index (χ0v) is 12.5. The smallest absolute Gasteiger partial charge is 0.168 e. The molecule has 2 rings (SSSR count). The van der Waals surface area contributed by atoms with Gasteiger partial charge < -0.3 is 0 Å². The third kappa shape index (κ3) is 3.08. The third-order valence-corrected chi connectivity index (χ3v) is 4.55. The standard InChI is InChI=1S/C18H26O/c1-4-18(10-5-6-11-18)17(19)16-9-7-8-15(13-16)12-14(2)3/h7-9,13-14H,4-6,10-12H2,1-3H3. The van der Waals surface area contributed by atoms with Crippen molar-refractivity contribution in [2.75, 3.05) is 0 Å². The fourth-order valence-electron chi connectivity index (χ4n) is 3.41. The maximum Gasteiger partial charge on any atom is 0.168 e. The largest absolute Gasteiger partial charge is 0.294 e. The van der Waals surface area contributed by atoms with Crippen LogP contribution in [0, 0.1) is 11.3 Å². The molecule has 0 amide bonds. The van der Waals surface area contributed by atoms with Crippen LogP contribution in [-0.2, 0) is 6.42 Å². The Kier molecular flexibility index (Phi) is 4.44. The van der Waals surface area contributed by atoms with Crippen molar-refractivity contribution < 1.29 is 4.79 Å². The highest BCUT2D eigenvalue weighted by Gasteiger charge is 2.39. The molecule has 0 saturated heterocycles. The second-order valence-corrected chi connectivity index (χ2v) is 6.47. The molecule has 0 aromatic heterocycles. The molecule has 0 N–H and O–H groups in total. The predicted octanol–water partition coefficient (Wildman–Crippen LogP) is 5.04. The average Bonchev–Trinajstić information content (AvgIpc) is 2.87. The number of Topliss-reactive ketones (excluding diaryl/α,β-unsaturated/α-hetero) is 1. The van der Waals surface area contributed by atoms with Crippen LogP contribution in [0.1, 0.15) is 68.8 Å². The average molecular weight is 258 g/mol. The number of benzene rings is 1. The first-order valence-electron chi connectivity index (χ1n) is 7.71. The summed E-state index contributed by atoms with van der Waals surface area (Å²) in [5.74, 6) is 1.02. The van der Waals surface area contributed by atoms with Crippen LogP contribution in [0.5, 0.6) is 0 Å². The van der Waals surface area contributed by atoms with Crippen molar-refractivity contribution in [1.29, 1.82) is 0 Å². The zero-order valence-electron chi connectivity index (χ0n) is 12.5. The van der Waals surface area contributed by atoms with Crippen LogP contribution in [0.4, 0.5) is 0 Å². The Morgan fingerprint density at radius 1 is 1.26 bits per heavy atom. The summed E-state index contributed by atoms with van der Waals surface area (Å²) < 4.78 is 0. The molecule has 0 aliphatic heterocycles. The number of hydrogen-bond donors (Lipinski definition) is 0. The molecule has 1 aromatic rings. The number of carbonyl (C=O) groups is 1. The number of hydrogen-bond acceptors (Lipinski definition) is 1. The maximum absolute atomic E-state index is 12.8. The van der Waals surface area contributed by atoms with Crippen molar-refractivity contribution in [1.82, 2.24) is 0 Å². The summed E-state index contributed by atoms with van der Waals surface area (Å²) in [5, 5.41) is 0. The van der Waals surface area contributed by atoms with E-state index >= 15 is 0 Å². The Labute approximate surface area is 117 Å². The predicted molar refractivity (Wildman–Crippen MR) is 80.5 cm³/mol. The van der Waals surface area contributed by atoms with Crippen molar-refractivity contribution in [2.45, 2.75) is 59.3 Å². The summed E-state index contributed by atoms with van der Waals surface area (Å²) in [5.41, 5.74) is 2.17. The molecule has 0 bridgehead atoms. The molecule has 19 heavy (non-hydrogen) atoms. The Bertz CT molecular complexity index is 439. The first kappa shape index (κ1) is 14.3. The summed E-state index contributed by atoms with van der Waals surface area (Å²) in [6.07, 6.45) is 6.63. The normalized spacial score (nSPS) is 17.9. The molecule has 0 heterocycles. The monoisotopic (exact) mass is 258 g/mol. The van der Waals surface area contributed by atoms with Gasteiger partial charge in [0.1, 0.15) is 0 Å². The molecule has 1 saturated carbocycles. The minimum absolute atomic E-state index is 0.0591. The molecule has 1 heteroatoms. The topological polar surface area (TPSA) is 17.1 Å². The molecule has 0 atom stereocenters. The minimum Gasteiger partial charge on any atom is -0.294 e. The van der Waals surface area contributed by atoms with E-state index in [2.05, 4.69) is 32.9 Å². The molecule has 1 fully saturated rings. The number of rotatable bonds is 5.